The predicted molar refractivity (Wildman–Crippen MR) is 85.9 cm³/mol. The first-order valence-corrected chi connectivity index (χ1v) is 7.93. The number of hydrogen-bond donors (Lipinski definition) is 1. The number of benzene rings is 1. The highest BCUT2D eigenvalue weighted by atomic mass is 79.9. The average molecular weight is 328 g/mol. The minimum Gasteiger partial charge on any atom is -0.496 e. The largest absolute Gasteiger partial charge is 0.496 e. The minimum atomic E-state index is 0.598. The van der Waals surface area contributed by atoms with Crippen molar-refractivity contribution in [2.24, 2.45) is 5.92 Å². The van der Waals surface area contributed by atoms with E-state index in [1.807, 2.05) is 6.07 Å². The monoisotopic (exact) mass is 327 g/mol. The maximum absolute atomic E-state index is 5.26. The Hall–Kier alpha value is -0.540. The number of aryl methyl sites for hydroxylation is 1. The summed E-state index contributed by atoms with van der Waals surface area (Å²) in [5.41, 5.74) is 1.36. The van der Waals surface area contributed by atoms with E-state index in [4.69, 9.17) is 4.74 Å². The van der Waals surface area contributed by atoms with Crippen LogP contribution in [0.25, 0.3) is 0 Å². The zero-order valence-corrected chi connectivity index (χ0v) is 14.1. The van der Waals surface area contributed by atoms with Gasteiger partial charge in [-0.05, 0) is 65.4 Å². The van der Waals surface area contributed by atoms with Crippen molar-refractivity contribution >= 4 is 15.9 Å². The molecule has 0 aliphatic carbocycles. The summed E-state index contributed by atoms with van der Waals surface area (Å²) in [5, 5.41) is 3.64. The molecule has 3 heteroatoms. The van der Waals surface area contributed by atoms with Crippen molar-refractivity contribution in [1.29, 1.82) is 0 Å². The second kappa shape index (κ2) is 8.60. The van der Waals surface area contributed by atoms with Crippen molar-refractivity contribution in [2.45, 2.75) is 46.1 Å². The molecule has 0 fully saturated rings. The van der Waals surface area contributed by atoms with Crippen molar-refractivity contribution in [3.05, 3.63) is 28.2 Å². The minimum absolute atomic E-state index is 0.598. The van der Waals surface area contributed by atoms with Crippen molar-refractivity contribution in [2.75, 3.05) is 13.7 Å². The zero-order valence-electron chi connectivity index (χ0n) is 12.5. The number of ether oxygens (including phenoxy) is 1. The van der Waals surface area contributed by atoms with Crippen molar-refractivity contribution in [3.8, 4) is 5.75 Å². The summed E-state index contributed by atoms with van der Waals surface area (Å²) < 4.78 is 6.29. The van der Waals surface area contributed by atoms with Crippen LogP contribution in [0.2, 0.25) is 0 Å². The highest BCUT2D eigenvalue weighted by Gasteiger charge is 2.12. The van der Waals surface area contributed by atoms with Gasteiger partial charge >= 0.3 is 0 Å². The van der Waals surface area contributed by atoms with Crippen LogP contribution in [-0.4, -0.2) is 19.7 Å². The quantitative estimate of drug-likeness (QED) is 0.763. The van der Waals surface area contributed by atoms with Crippen LogP contribution in [0.15, 0.2) is 22.7 Å². The van der Waals surface area contributed by atoms with E-state index in [-0.39, 0.29) is 0 Å². The highest BCUT2D eigenvalue weighted by Crippen LogP contribution is 2.26. The molecule has 1 atom stereocenters. The lowest BCUT2D eigenvalue weighted by Gasteiger charge is -2.22. The van der Waals surface area contributed by atoms with E-state index in [2.05, 4.69) is 54.2 Å². The Kier molecular flexibility index (Phi) is 7.47. The number of nitrogens with one attached hydrogen (secondary N) is 1. The molecule has 0 amide bonds. The van der Waals surface area contributed by atoms with E-state index in [1.54, 1.807) is 7.11 Å². The van der Waals surface area contributed by atoms with Gasteiger partial charge in [-0.15, -0.1) is 0 Å². The summed E-state index contributed by atoms with van der Waals surface area (Å²) in [6.45, 7) is 7.90. The van der Waals surface area contributed by atoms with Crippen LogP contribution in [0, 0.1) is 5.92 Å². The summed E-state index contributed by atoms with van der Waals surface area (Å²) in [6, 6.07) is 6.95. The van der Waals surface area contributed by atoms with Crippen molar-refractivity contribution in [3.63, 3.8) is 0 Å². The second-order valence-electron chi connectivity index (χ2n) is 5.31. The van der Waals surface area contributed by atoms with E-state index < -0.39 is 0 Å². The van der Waals surface area contributed by atoms with Crippen LogP contribution < -0.4 is 10.1 Å². The van der Waals surface area contributed by atoms with Gasteiger partial charge in [0.05, 0.1) is 11.6 Å². The Morgan fingerprint density at radius 3 is 2.58 bits per heavy atom. The fourth-order valence-electron chi connectivity index (χ4n) is 2.19. The Bertz CT molecular complexity index is 379. The molecule has 1 rings (SSSR count). The summed E-state index contributed by atoms with van der Waals surface area (Å²) in [5.74, 6) is 1.57. The molecule has 0 aliphatic heterocycles. The summed E-state index contributed by atoms with van der Waals surface area (Å²) in [7, 11) is 1.70. The van der Waals surface area contributed by atoms with E-state index in [0.717, 1.165) is 23.2 Å². The Labute approximate surface area is 126 Å². The molecule has 2 nitrogen and oxygen atoms in total. The Balaban J connectivity index is 2.56. The molecule has 0 saturated heterocycles. The van der Waals surface area contributed by atoms with Crippen LogP contribution in [-0.2, 0) is 6.42 Å². The lowest BCUT2D eigenvalue weighted by atomic mass is 9.96. The van der Waals surface area contributed by atoms with Crippen molar-refractivity contribution < 1.29 is 4.74 Å². The van der Waals surface area contributed by atoms with E-state index >= 15 is 0 Å². The zero-order chi connectivity index (χ0) is 14.3. The van der Waals surface area contributed by atoms with E-state index in [9.17, 15) is 0 Å². The lowest BCUT2D eigenvalue weighted by molar-refractivity contribution is 0.378. The molecule has 0 aromatic heterocycles. The topological polar surface area (TPSA) is 21.3 Å². The molecular formula is C16H26BrNO. The molecule has 0 spiro atoms. The number of halogens is 1. The number of methoxy groups -OCH3 is 1. The van der Waals surface area contributed by atoms with Gasteiger partial charge in [0, 0.05) is 6.04 Å². The van der Waals surface area contributed by atoms with Gasteiger partial charge in [-0.2, -0.15) is 0 Å². The molecule has 1 unspecified atom stereocenters. The standard InChI is InChI=1S/C16H26BrNO/c1-5-10-18-15(12(2)3)8-6-13-7-9-16(19-4)14(17)11-13/h7,9,11-12,15,18H,5-6,8,10H2,1-4H3. The van der Waals surface area contributed by atoms with Crippen LogP contribution in [0.4, 0.5) is 0 Å². The Morgan fingerprint density at radius 1 is 1.32 bits per heavy atom. The molecule has 1 aromatic carbocycles. The van der Waals surface area contributed by atoms with Crippen molar-refractivity contribution in [1.82, 2.24) is 5.32 Å². The Morgan fingerprint density at radius 2 is 2.05 bits per heavy atom. The highest BCUT2D eigenvalue weighted by molar-refractivity contribution is 9.10. The summed E-state index contributed by atoms with van der Waals surface area (Å²) in [6.07, 6.45) is 3.47. The molecule has 0 aliphatic rings. The smallest absolute Gasteiger partial charge is 0.133 e. The summed E-state index contributed by atoms with van der Waals surface area (Å²) in [4.78, 5) is 0. The molecule has 0 radical (unpaired) electrons. The van der Waals surface area contributed by atoms with Crippen LogP contribution in [0.5, 0.6) is 5.75 Å². The normalized spacial score (nSPS) is 12.7. The van der Waals surface area contributed by atoms with Crippen LogP contribution in [0.3, 0.4) is 0 Å². The lowest BCUT2D eigenvalue weighted by Crippen LogP contribution is -2.34. The predicted octanol–water partition coefficient (Wildman–Crippen LogP) is 4.41. The molecular weight excluding hydrogens is 302 g/mol. The number of rotatable bonds is 8. The SMILES string of the molecule is CCCNC(CCc1ccc(OC)c(Br)c1)C(C)C. The molecule has 1 N–H and O–H groups in total. The maximum atomic E-state index is 5.26. The van der Waals surface area contributed by atoms with Gasteiger partial charge in [0.1, 0.15) is 5.75 Å². The van der Waals surface area contributed by atoms with Gasteiger partial charge in [-0.25, -0.2) is 0 Å². The first kappa shape index (κ1) is 16.5. The molecule has 0 saturated carbocycles. The van der Waals surface area contributed by atoms with E-state index in [0.29, 0.717) is 12.0 Å². The van der Waals surface area contributed by atoms with Gasteiger partial charge < -0.3 is 10.1 Å². The molecule has 0 heterocycles. The second-order valence-corrected chi connectivity index (χ2v) is 6.17. The van der Waals surface area contributed by atoms with Gasteiger partial charge in [0.2, 0.25) is 0 Å². The third-order valence-corrected chi connectivity index (χ3v) is 4.04. The van der Waals surface area contributed by atoms with Gasteiger partial charge in [0.15, 0.2) is 0 Å². The first-order chi connectivity index (χ1) is 9.08. The molecule has 108 valence electrons. The molecule has 1 aromatic rings. The third-order valence-electron chi connectivity index (χ3n) is 3.42. The number of hydrogen-bond acceptors (Lipinski definition) is 2. The van der Waals surface area contributed by atoms with Crippen LogP contribution in [0.1, 0.15) is 39.2 Å². The molecule has 0 bridgehead atoms. The van der Waals surface area contributed by atoms with Crippen LogP contribution >= 0.6 is 15.9 Å². The van der Waals surface area contributed by atoms with E-state index in [1.165, 1.54) is 18.4 Å². The maximum Gasteiger partial charge on any atom is 0.133 e. The van der Waals surface area contributed by atoms with Gasteiger partial charge in [-0.1, -0.05) is 26.8 Å². The fourth-order valence-corrected chi connectivity index (χ4v) is 2.78. The van der Waals surface area contributed by atoms with Gasteiger partial charge in [-0.3, -0.25) is 0 Å². The average Bonchev–Trinajstić information content (AvgIpc) is 2.38. The molecule has 19 heavy (non-hydrogen) atoms. The van der Waals surface area contributed by atoms with Gasteiger partial charge in [0.25, 0.3) is 0 Å². The summed E-state index contributed by atoms with van der Waals surface area (Å²) >= 11 is 3.54. The third kappa shape index (κ3) is 5.53. The first-order valence-electron chi connectivity index (χ1n) is 7.14. The fraction of sp³-hybridized carbons (Fsp3) is 0.625.